The van der Waals surface area contributed by atoms with E-state index in [1.807, 2.05) is 6.07 Å². The fraction of sp³-hybridized carbons (Fsp3) is 0.467. The summed E-state index contributed by atoms with van der Waals surface area (Å²) in [6, 6.07) is 7.02. The lowest BCUT2D eigenvalue weighted by Gasteiger charge is -2.18. The van der Waals surface area contributed by atoms with E-state index in [4.69, 9.17) is 21.6 Å². The Morgan fingerprint density at radius 2 is 2.20 bits per heavy atom. The first-order valence-electron chi connectivity index (χ1n) is 6.77. The van der Waals surface area contributed by atoms with E-state index in [0.717, 1.165) is 12.8 Å². The van der Waals surface area contributed by atoms with Crippen LogP contribution in [-0.4, -0.2) is 18.1 Å². The average molecular weight is 293 g/mol. The molecule has 1 unspecified atom stereocenters. The molecule has 4 nitrogen and oxygen atoms in total. The molecule has 0 heterocycles. The zero-order valence-corrected chi connectivity index (χ0v) is 12.1. The maximum absolute atomic E-state index is 12.0. The molecule has 1 N–H and O–H groups in total. The van der Waals surface area contributed by atoms with E-state index in [2.05, 4.69) is 5.32 Å². The summed E-state index contributed by atoms with van der Waals surface area (Å²) < 4.78 is 5.56. The van der Waals surface area contributed by atoms with Gasteiger partial charge in [-0.15, -0.1) is 0 Å². The van der Waals surface area contributed by atoms with E-state index >= 15 is 0 Å². The third kappa shape index (κ3) is 3.64. The number of nitriles is 1. The van der Waals surface area contributed by atoms with Gasteiger partial charge < -0.3 is 10.1 Å². The summed E-state index contributed by atoms with van der Waals surface area (Å²) >= 11 is 6.02. The van der Waals surface area contributed by atoms with Gasteiger partial charge in [0.25, 0.3) is 5.91 Å². The fourth-order valence-corrected chi connectivity index (χ4v) is 2.52. The molecule has 0 saturated heterocycles. The van der Waals surface area contributed by atoms with Crippen molar-refractivity contribution in [1.82, 2.24) is 5.32 Å². The van der Waals surface area contributed by atoms with Crippen molar-refractivity contribution < 1.29 is 9.53 Å². The summed E-state index contributed by atoms with van der Waals surface area (Å²) in [5.74, 6) is 0.289. The lowest BCUT2D eigenvalue weighted by molar-refractivity contribution is -0.127. The minimum absolute atomic E-state index is 0.127. The van der Waals surface area contributed by atoms with E-state index in [1.54, 1.807) is 19.1 Å². The number of ether oxygens (including phenoxy) is 1. The Labute approximate surface area is 123 Å². The van der Waals surface area contributed by atoms with Gasteiger partial charge in [-0.1, -0.05) is 24.4 Å². The van der Waals surface area contributed by atoms with Crippen LogP contribution in [0.4, 0.5) is 0 Å². The summed E-state index contributed by atoms with van der Waals surface area (Å²) in [7, 11) is 0. The van der Waals surface area contributed by atoms with Gasteiger partial charge in [0.2, 0.25) is 0 Å². The molecule has 0 bridgehead atoms. The maximum Gasteiger partial charge on any atom is 0.260 e. The van der Waals surface area contributed by atoms with E-state index in [9.17, 15) is 4.79 Å². The molecule has 1 fully saturated rings. The average Bonchev–Trinajstić information content (AvgIpc) is 2.93. The number of rotatable bonds is 4. The molecule has 0 spiro atoms. The number of hydrogen-bond acceptors (Lipinski definition) is 3. The van der Waals surface area contributed by atoms with Crippen molar-refractivity contribution in [1.29, 1.82) is 5.26 Å². The summed E-state index contributed by atoms with van der Waals surface area (Å²) in [4.78, 5) is 12.0. The quantitative estimate of drug-likeness (QED) is 0.928. The summed E-state index contributed by atoms with van der Waals surface area (Å²) in [6.45, 7) is 1.69. The van der Waals surface area contributed by atoms with Crippen LogP contribution in [0.2, 0.25) is 5.02 Å². The van der Waals surface area contributed by atoms with E-state index in [1.165, 1.54) is 18.9 Å². The van der Waals surface area contributed by atoms with Crippen molar-refractivity contribution in [3.63, 3.8) is 0 Å². The van der Waals surface area contributed by atoms with Crippen LogP contribution in [0.3, 0.4) is 0 Å². The molecule has 1 saturated carbocycles. The molecule has 1 aliphatic carbocycles. The number of carbonyl (C=O) groups is 1. The third-order valence-corrected chi connectivity index (χ3v) is 3.73. The van der Waals surface area contributed by atoms with Crippen LogP contribution >= 0.6 is 11.6 Å². The fourth-order valence-electron chi connectivity index (χ4n) is 2.30. The van der Waals surface area contributed by atoms with E-state index in [-0.39, 0.29) is 11.9 Å². The number of carbonyl (C=O) groups excluding carboxylic acids is 1. The van der Waals surface area contributed by atoms with Crippen LogP contribution in [0.5, 0.6) is 5.75 Å². The summed E-state index contributed by atoms with van der Waals surface area (Å²) in [5, 5.41) is 12.1. The predicted molar refractivity (Wildman–Crippen MR) is 76.7 cm³/mol. The first-order chi connectivity index (χ1) is 9.60. The van der Waals surface area contributed by atoms with Gasteiger partial charge in [0, 0.05) is 6.04 Å². The number of nitrogens with one attached hydrogen (secondary N) is 1. The number of amides is 1. The normalized spacial score (nSPS) is 16.4. The van der Waals surface area contributed by atoms with Gasteiger partial charge >= 0.3 is 0 Å². The lowest BCUT2D eigenvalue weighted by Crippen LogP contribution is -2.41. The van der Waals surface area contributed by atoms with Gasteiger partial charge in [-0.2, -0.15) is 5.26 Å². The zero-order chi connectivity index (χ0) is 14.5. The molecular formula is C15H17ClN2O2. The van der Waals surface area contributed by atoms with E-state index in [0.29, 0.717) is 16.3 Å². The Bertz CT molecular complexity index is 533. The molecule has 1 atom stereocenters. The smallest absolute Gasteiger partial charge is 0.260 e. The highest BCUT2D eigenvalue weighted by atomic mass is 35.5. The molecule has 20 heavy (non-hydrogen) atoms. The highest BCUT2D eigenvalue weighted by Gasteiger charge is 2.22. The van der Waals surface area contributed by atoms with Crippen LogP contribution in [0.1, 0.15) is 38.2 Å². The van der Waals surface area contributed by atoms with Crippen LogP contribution in [-0.2, 0) is 4.79 Å². The number of hydrogen-bond donors (Lipinski definition) is 1. The Hall–Kier alpha value is -1.73. The largest absolute Gasteiger partial charge is 0.479 e. The third-order valence-electron chi connectivity index (χ3n) is 3.44. The molecule has 0 aliphatic heterocycles. The molecule has 1 aromatic rings. The topological polar surface area (TPSA) is 62.1 Å². The molecule has 1 aromatic carbocycles. The monoisotopic (exact) mass is 292 g/mol. The van der Waals surface area contributed by atoms with Gasteiger partial charge in [0.15, 0.2) is 6.10 Å². The van der Waals surface area contributed by atoms with Crippen LogP contribution in [0, 0.1) is 11.3 Å². The molecule has 106 valence electrons. The minimum Gasteiger partial charge on any atom is -0.479 e. The van der Waals surface area contributed by atoms with Crippen molar-refractivity contribution >= 4 is 17.5 Å². The molecule has 2 rings (SSSR count). The molecule has 0 aromatic heterocycles. The lowest BCUT2D eigenvalue weighted by atomic mass is 10.2. The predicted octanol–water partition coefficient (Wildman–Crippen LogP) is 3.04. The summed E-state index contributed by atoms with van der Waals surface area (Å²) in [6.07, 6.45) is 3.80. The van der Waals surface area contributed by atoms with Crippen molar-refractivity contribution in [2.24, 2.45) is 0 Å². The first-order valence-corrected chi connectivity index (χ1v) is 7.14. The SMILES string of the molecule is CC(Oc1ccc(C#N)cc1Cl)C(=O)NC1CCCC1. The molecule has 0 radical (unpaired) electrons. The zero-order valence-electron chi connectivity index (χ0n) is 11.4. The Kier molecular flexibility index (Phi) is 4.86. The van der Waals surface area contributed by atoms with Gasteiger partial charge in [-0.3, -0.25) is 4.79 Å². The summed E-state index contributed by atoms with van der Waals surface area (Å²) in [5.41, 5.74) is 0.463. The first kappa shape index (κ1) is 14.7. The Balaban J connectivity index is 1.94. The number of benzene rings is 1. The van der Waals surface area contributed by atoms with Gasteiger partial charge in [0.05, 0.1) is 16.7 Å². The number of halogens is 1. The van der Waals surface area contributed by atoms with E-state index < -0.39 is 6.10 Å². The highest BCUT2D eigenvalue weighted by molar-refractivity contribution is 6.32. The van der Waals surface area contributed by atoms with Crippen molar-refractivity contribution in [3.8, 4) is 11.8 Å². The van der Waals surface area contributed by atoms with Crippen molar-refractivity contribution in [3.05, 3.63) is 28.8 Å². The molecular weight excluding hydrogens is 276 g/mol. The second-order valence-corrected chi connectivity index (χ2v) is 5.41. The van der Waals surface area contributed by atoms with Gasteiger partial charge in [0.1, 0.15) is 5.75 Å². The van der Waals surface area contributed by atoms with Crippen LogP contribution < -0.4 is 10.1 Å². The van der Waals surface area contributed by atoms with Crippen molar-refractivity contribution in [2.45, 2.75) is 44.8 Å². The number of nitrogens with zero attached hydrogens (tertiary/aromatic N) is 1. The van der Waals surface area contributed by atoms with Gasteiger partial charge in [-0.25, -0.2) is 0 Å². The van der Waals surface area contributed by atoms with Crippen LogP contribution in [0.15, 0.2) is 18.2 Å². The highest BCUT2D eigenvalue weighted by Crippen LogP contribution is 2.26. The second kappa shape index (κ2) is 6.62. The van der Waals surface area contributed by atoms with Gasteiger partial charge in [-0.05, 0) is 38.0 Å². The standard InChI is InChI=1S/C15H17ClN2O2/c1-10(15(19)18-12-4-2-3-5-12)20-14-7-6-11(9-17)8-13(14)16/h6-8,10,12H,2-5H2,1H3,(H,18,19). The molecule has 1 aliphatic rings. The maximum atomic E-state index is 12.0. The Morgan fingerprint density at radius 3 is 2.80 bits per heavy atom. The van der Waals surface area contributed by atoms with Crippen LogP contribution in [0.25, 0.3) is 0 Å². The Morgan fingerprint density at radius 1 is 1.50 bits per heavy atom. The second-order valence-electron chi connectivity index (χ2n) is 5.01. The molecule has 5 heteroatoms. The molecule has 1 amide bonds. The van der Waals surface area contributed by atoms with Crippen molar-refractivity contribution in [2.75, 3.05) is 0 Å². The minimum atomic E-state index is -0.610.